The van der Waals surface area contributed by atoms with E-state index in [0.717, 1.165) is 12.8 Å². The lowest BCUT2D eigenvalue weighted by Gasteiger charge is -2.05. The van der Waals surface area contributed by atoms with E-state index in [0.29, 0.717) is 6.54 Å². The fourth-order valence-corrected chi connectivity index (χ4v) is 2.00. The third-order valence-electron chi connectivity index (χ3n) is 2.95. The van der Waals surface area contributed by atoms with Gasteiger partial charge in [-0.25, -0.2) is 0 Å². The molecule has 0 atom stereocenters. The minimum absolute atomic E-state index is 0.716. The van der Waals surface area contributed by atoms with Crippen LogP contribution in [0, 0.1) is 6.92 Å². The van der Waals surface area contributed by atoms with Crippen molar-refractivity contribution in [3.63, 3.8) is 0 Å². The smallest absolute Gasteiger partial charge is 0.00257 e. The van der Waals surface area contributed by atoms with E-state index in [4.69, 9.17) is 5.73 Å². The summed E-state index contributed by atoms with van der Waals surface area (Å²) in [5, 5.41) is 0. The third-order valence-corrected chi connectivity index (χ3v) is 2.95. The molecule has 1 heteroatoms. The zero-order chi connectivity index (χ0) is 12.1. The molecule has 2 rings (SSSR count). The van der Waals surface area contributed by atoms with Crippen LogP contribution in [0.2, 0.25) is 0 Å². The van der Waals surface area contributed by atoms with Gasteiger partial charge in [0.1, 0.15) is 0 Å². The fourth-order valence-electron chi connectivity index (χ4n) is 2.00. The standard InChI is InChI=1S/C16H19N/c1-13-5-7-15(8-6-13)12-16-4-2-3-14(11-16)9-10-17/h2-8,11H,9-10,12,17H2,1H3. The Morgan fingerprint density at radius 1 is 0.882 bits per heavy atom. The first-order valence-electron chi connectivity index (χ1n) is 6.11. The van der Waals surface area contributed by atoms with Crippen molar-refractivity contribution in [1.29, 1.82) is 0 Å². The van der Waals surface area contributed by atoms with Gasteiger partial charge in [0, 0.05) is 0 Å². The zero-order valence-electron chi connectivity index (χ0n) is 10.3. The summed E-state index contributed by atoms with van der Waals surface area (Å²) in [6, 6.07) is 17.4. The quantitative estimate of drug-likeness (QED) is 0.850. The molecule has 0 amide bonds. The highest BCUT2D eigenvalue weighted by Crippen LogP contribution is 2.12. The Kier molecular flexibility index (Phi) is 3.94. The van der Waals surface area contributed by atoms with Crippen LogP contribution in [-0.2, 0) is 12.8 Å². The largest absolute Gasteiger partial charge is 0.330 e. The molecule has 0 spiro atoms. The molecule has 0 unspecified atom stereocenters. The SMILES string of the molecule is Cc1ccc(Cc2cccc(CCN)c2)cc1. The maximum atomic E-state index is 5.58. The second-order valence-electron chi connectivity index (χ2n) is 4.52. The molecular weight excluding hydrogens is 206 g/mol. The van der Waals surface area contributed by atoms with Crippen LogP contribution in [0.25, 0.3) is 0 Å². The Labute approximate surface area is 103 Å². The molecule has 0 aromatic heterocycles. The first kappa shape index (κ1) is 11.9. The Bertz CT molecular complexity index is 471. The molecule has 0 aliphatic carbocycles. The van der Waals surface area contributed by atoms with Gasteiger partial charge < -0.3 is 5.73 Å². The van der Waals surface area contributed by atoms with Crippen molar-refractivity contribution < 1.29 is 0 Å². The summed E-state index contributed by atoms with van der Waals surface area (Å²) in [4.78, 5) is 0. The summed E-state index contributed by atoms with van der Waals surface area (Å²) in [5.74, 6) is 0. The molecule has 2 N–H and O–H groups in total. The third kappa shape index (κ3) is 3.43. The van der Waals surface area contributed by atoms with Gasteiger partial charge in [-0.2, -0.15) is 0 Å². The summed E-state index contributed by atoms with van der Waals surface area (Å²) >= 11 is 0. The molecule has 0 fully saturated rings. The number of hydrogen-bond acceptors (Lipinski definition) is 1. The molecule has 2 aromatic carbocycles. The van der Waals surface area contributed by atoms with E-state index < -0.39 is 0 Å². The molecule has 0 bridgehead atoms. The van der Waals surface area contributed by atoms with Crippen molar-refractivity contribution in [3.05, 3.63) is 70.8 Å². The van der Waals surface area contributed by atoms with Crippen LogP contribution in [0.3, 0.4) is 0 Å². The van der Waals surface area contributed by atoms with Crippen LogP contribution in [0.4, 0.5) is 0 Å². The van der Waals surface area contributed by atoms with Crippen molar-refractivity contribution in [2.75, 3.05) is 6.54 Å². The summed E-state index contributed by atoms with van der Waals surface area (Å²) in [6.07, 6.45) is 1.96. The van der Waals surface area contributed by atoms with Crippen LogP contribution in [0.5, 0.6) is 0 Å². The highest BCUT2D eigenvalue weighted by molar-refractivity contribution is 5.31. The van der Waals surface area contributed by atoms with E-state index in [9.17, 15) is 0 Å². The topological polar surface area (TPSA) is 26.0 Å². The Balaban J connectivity index is 2.12. The van der Waals surface area contributed by atoms with Gasteiger partial charge in [-0.1, -0.05) is 54.1 Å². The van der Waals surface area contributed by atoms with Crippen molar-refractivity contribution in [1.82, 2.24) is 0 Å². The predicted octanol–water partition coefficient (Wildman–Crippen LogP) is 3.09. The summed E-state index contributed by atoms with van der Waals surface area (Å²) < 4.78 is 0. The van der Waals surface area contributed by atoms with E-state index in [2.05, 4.69) is 55.5 Å². The maximum Gasteiger partial charge on any atom is -0.00257 e. The number of nitrogens with two attached hydrogens (primary N) is 1. The summed E-state index contributed by atoms with van der Waals surface area (Å²) in [5.41, 5.74) is 10.9. The highest BCUT2D eigenvalue weighted by atomic mass is 14.5. The Morgan fingerprint density at radius 2 is 1.59 bits per heavy atom. The number of benzene rings is 2. The second kappa shape index (κ2) is 5.65. The van der Waals surface area contributed by atoms with Crippen LogP contribution in [0.1, 0.15) is 22.3 Å². The van der Waals surface area contributed by atoms with Gasteiger partial charge in [-0.05, 0) is 43.0 Å². The minimum atomic E-state index is 0.716. The van der Waals surface area contributed by atoms with Crippen LogP contribution in [0.15, 0.2) is 48.5 Å². The normalized spacial score (nSPS) is 10.5. The van der Waals surface area contributed by atoms with Crippen molar-refractivity contribution >= 4 is 0 Å². The lowest BCUT2D eigenvalue weighted by molar-refractivity contribution is 0.964. The van der Waals surface area contributed by atoms with Crippen LogP contribution in [-0.4, -0.2) is 6.54 Å². The van der Waals surface area contributed by atoms with Gasteiger partial charge in [-0.15, -0.1) is 0 Å². The van der Waals surface area contributed by atoms with Crippen LogP contribution >= 0.6 is 0 Å². The van der Waals surface area contributed by atoms with Gasteiger partial charge in [0.15, 0.2) is 0 Å². The summed E-state index contributed by atoms with van der Waals surface area (Å²) in [7, 11) is 0. The molecule has 0 saturated heterocycles. The average molecular weight is 225 g/mol. The molecule has 0 heterocycles. The summed E-state index contributed by atoms with van der Waals surface area (Å²) in [6.45, 7) is 2.83. The highest BCUT2D eigenvalue weighted by Gasteiger charge is 1.98. The van der Waals surface area contributed by atoms with Crippen molar-refractivity contribution in [3.8, 4) is 0 Å². The first-order chi connectivity index (χ1) is 8.28. The molecule has 0 radical (unpaired) electrons. The molecule has 0 aliphatic rings. The molecule has 0 saturated carbocycles. The fraction of sp³-hybridized carbons (Fsp3) is 0.250. The van der Waals surface area contributed by atoms with E-state index in [1.54, 1.807) is 0 Å². The van der Waals surface area contributed by atoms with Gasteiger partial charge in [-0.3, -0.25) is 0 Å². The Hall–Kier alpha value is -1.60. The van der Waals surface area contributed by atoms with Crippen LogP contribution < -0.4 is 5.73 Å². The lowest BCUT2D eigenvalue weighted by atomic mass is 10.0. The predicted molar refractivity (Wildman–Crippen MR) is 73.2 cm³/mol. The van der Waals surface area contributed by atoms with E-state index in [1.165, 1.54) is 22.3 Å². The zero-order valence-corrected chi connectivity index (χ0v) is 10.3. The number of hydrogen-bond donors (Lipinski definition) is 1. The molecular formula is C16H19N. The number of aryl methyl sites for hydroxylation is 1. The first-order valence-corrected chi connectivity index (χ1v) is 6.11. The maximum absolute atomic E-state index is 5.58. The van der Waals surface area contributed by atoms with Gasteiger partial charge in [0.2, 0.25) is 0 Å². The van der Waals surface area contributed by atoms with Crippen molar-refractivity contribution in [2.45, 2.75) is 19.8 Å². The van der Waals surface area contributed by atoms with E-state index in [-0.39, 0.29) is 0 Å². The molecule has 0 aliphatic heterocycles. The van der Waals surface area contributed by atoms with Gasteiger partial charge in [0.25, 0.3) is 0 Å². The molecule has 17 heavy (non-hydrogen) atoms. The second-order valence-corrected chi connectivity index (χ2v) is 4.52. The van der Waals surface area contributed by atoms with E-state index in [1.807, 2.05) is 0 Å². The monoisotopic (exact) mass is 225 g/mol. The van der Waals surface area contributed by atoms with Gasteiger partial charge in [0.05, 0.1) is 0 Å². The number of rotatable bonds is 4. The van der Waals surface area contributed by atoms with Gasteiger partial charge >= 0.3 is 0 Å². The Morgan fingerprint density at radius 3 is 2.29 bits per heavy atom. The lowest BCUT2D eigenvalue weighted by Crippen LogP contribution is -2.03. The molecule has 1 nitrogen and oxygen atoms in total. The molecule has 88 valence electrons. The molecule has 2 aromatic rings. The van der Waals surface area contributed by atoms with E-state index >= 15 is 0 Å². The van der Waals surface area contributed by atoms with Crippen molar-refractivity contribution in [2.24, 2.45) is 5.73 Å². The average Bonchev–Trinajstić information content (AvgIpc) is 2.33. The minimum Gasteiger partial charge on any atom is -0.330 e.